The topological polar surface area (TPSA) is 18.5 Å². The van der Waals surface area contributed by atoms with Gasteiger partial charge in [0.2, 0.25) is 0 Å². The molecule has 0 aromatic carbocycles. The van der Waals surface area contributed by atoms with Crippen LogP contribution in [-0.2, 0) is 9.31 Å². The van der Waals surface area contributed by atoms with Gasteiger partial charge in [-0.15, -0.1) is 0 Å². The molecule has 0 atom stereocenters. The molecule has 15 heavy (non-hydrogen) atoms. The van der Waals surface area contributed by atoms with E-state index in [0.29, 0.717) is 0 Å². The average molecular weight is 222 g/mol. The average Bonchev–Trinajstić information content (AvgIpc) is 2.16. The Morgan fingerprint density at radius 2 is 1.40 bits per heavy atom. The lowest BCUT2D eigenvalue weighted by Gasteiger charge is -2.32. The van der Waals surface area contributed by atoms with Crippen molar-refractivity contribution in [2.45, 2.75) is 45.1 Å². The summed E-state index contributed by atoms with van der Waals surface area (Å²) in [6.07, 6.45) is -4.20. The molecule has 0 unspecified atom stereocenters. The van der Waals surface area contributed by atoms with Gasteiger partial charge in [0.15, 0.2) is 0 Å². The van der Waals surface area contributed by atoms with Crippen molar-refractivity contribution in [1.29, 1.82) is 0 Å². The number of alkyl halides is 3. The lowest BCUT2D eigenvalue weighted by Crippen LogP contribution is -2.41. The van der Waals surface area contributed by atoms with Crippen molar-refractivity contribution in [2.75, 3.05) is 0 Å². The molecule has 0 bridgehead atoms. The van der Waals surface area contributed by atoms with Gasteiger partial charge >= 0.3 is 13.3 Å². The van der Waals surface area contributed by atoms with E-state index in [1.165, 1.54) is 0 Å². The molecule has 86 valence electrons. The molecule has 1 fully saturated rings. The van der Waals surface area contributed by atoms with Crippen LogP contribution in [-0.4, -0.2) is 24.5 Å². The molecule has 0 saturated carbocycles. The molecular formula is C9H14BF3O2. The zero-order valence-electron chi connectivity index (χ0n) is 9.18. The Bertz CT molecular complexity index is 255. The van der Waals surface area contributed by atoms with E-state index in [2.05, 4.69) is 0 Å². The van der Waals surface area contributed by atoms with Crippen LogP contribution >= 0.6 is 0 Å². The fourth-order valence-corrected chi connectivity index (χ4v) is 1.15. The van der Waals surface area contributed by atoms with Gasteiger partial charge in [-0.25, -0.2) is 0 Å². The summed E-state index contributed by atoms with van der Waals surface area (Å²) in [4.78, 5) is 0. The smallest absolute Gasteiger partial charge is 0.400 e. The van der Waals surface area contributed by atoms with Gasteiger partial charge in [0.1, 0.15) is 0 Å². The van der Waals surface area contributed by atoms with E-state index in [4.69, 9.17) is 9.31 Å². The first kappa shape index (κ1) is 12.6. The van der Waals surface area contributed by atoms with E-state index < -0.39 is 24.5 Å². The molecule has 0 aromatic heterocycles. The summed E-state index contributed by atoms with van der Waals surface area (Å²) >= 11 is 0. The third kappa shape index (κ3) is 2.98. The summed E-state index contributed by atoms with van der Waals surface area (Å²) in [6, 6.07) is 0. The zero-order valence-corrected chi connectivity index (χ0v) is 9.18. The Morgan fingerprint density at radius 3 is 1.73 bits per heavy atom. The molecule has 0 aromatic rings. The molecule has 0 aliphatic carbocycles. The molecule has 0 radical (unpaired) electrons. The second-order valence-electron chi connectivity index (χ2n) is 4.53. The first-order chi connectivity index (χ1) is 6.54. The van der Waals surface area contributed by atoms with E-state index in [9.17, 15) is 13.2 Å². The van der Waals surface area contributed by atoms with Gasteiger partial charge in [0.05, 0.1) is 11.2 Å². The molecule has 1 saturated heterocycles. The largest absolute Gasteiger partial charge is 0.487 e. The van der Waals surface area contributed by atoms with Crippen LogP contribution in [0.4, 0.5) is 13.2 Å². The summed E-state index contributed by atoms with van der Waals surface area (Å²) in [5.74, 6) is 0.885. The Balaban J connectivity index is 2.68. The summed E-state index contributed by atoms with van der Waals surface area (Å²) in [5.41, 5.74) is -1.21. The van der Waals surface area contributed by atoms with Gasteiger partial charge in [-0.2, -0.15) is 13.2 Å². The minimum absolute atomic E-state index is 0.134. The van der Waals surface area contributed by atoms with Crippen molar-refractivity contribution in [3.63, 3.8) is 0 Å². The van der Waals surface area contributed by atoms with Gasteiger partial charge in [0, 0.05) is 6.08 Å². The predicted octanol–water partition coefficient (Wildman–Crippen LogP) is 2.74. The fourth-order valence-electron chi connectivity index (χ4n) is 1.15. The fraction of sp³-hybridized carbons (Fsp3) is 0.778. The van der Waals surface area contributed by atoms with Crippen LogP contribution in [0, 0.1) is 0 Å². The maximum absolute atomic E-state index is 11.9. The minimum atomic E-state index is -4.33. The molecule has 0 amide bonds. The van der Waals surface area contributed by atoms with Crippen molar-refractivity contribution in [3.8, 4) is 0 Å². The van der Waals surface area contributed by atoms with E-state index in [1.54, 1.807) is 27.7 Å². The number of halogens is 3. The zero-order chi connectivity index (χ0) is 11.9. The number of hydrogen-bond donors (Lipinski definition) is 0. The monoisotopic (exact) mass is 222 g/mol. The lowest BCUT2D eigenvalue weighted by atomic mass is 9.90. The van der Waals surface area contributed by atoms with Crippen LogP contribution in [0.15, 0.2) is 12.1 Å². The molecule has 1 heterocycles. The van der Waals surface area contributed by atoms with Gasteiger partial charge in [0.25, 0.3) is 0 Å². The van der Waals surface area contributed by atoms with Crippen molar-refractivity contribution in [1.82, 2.24) is 0 Å². The molecule has 1 aliphatic rings. The van der Waals surface area contributed by atoms with Crippen LogP contribution < -0.4 is 0 Å². The highest BCUT2D eigenvalue weighted by Crippen LogP contribution is 2.37. The first-order valence-corrected chi connectivity index (χ1v) is 4.65. The number of hydrogen-bond acceptors (Lipinski definition) is 2. The summed E-state index contributed by atoms with van der Waals surface area (Å²) < 4.78 is 46.4. The Morgan fingerprint density at radius 1 is 1.00 bits per heavy atom. The van der Waals surface area contributed by atoms with Crippen LogP contribution in [0.5, 0.6) is 0 Å². The Kier molecular flexibility index (Phi) is 2.95. The highest BCUT2D eigenvalue weighted by Gasteiger charge is 2.50. The minimum Gasteiger partial charge on any atom is -0.400 e. The highest BCUT2D eigenvalue weighted by molar-refractivity contribution is 6.51. The van der Waals surface area contributed by atoms with Gasteiger partial charge in [-0.05, 0) is 33.7 Å². The Labute approximate surface area is 87.6 Å². The molecule has 1 rings (SSSR count). The standard InChI is InChI=1S/C9H14BF3O2/c1-7(2)8(3,4)15-10(14-7)6-5-9(11,12)13/h5-6H,1-4H3/b6-5+. The number of allylic oxidation sites excluding steroid dienone is 1. The normalized spacial score (nSPS) is 25.1. The van der Waals surface area contributed by atoms with Crippen molar-refractivity contribution in [3.05, 3.63) is 12.1 Å². The van der Waals surface area contributed by atoms with Crippen LogP contribution in [0.1, 0.15) is 27.7 Å². The summed E-state index contributed by atoms with van der Waals surface area (Å²) in [7, 11) is -0.934. The van der Waals surface area contributed by atoms with Crippen LogP contribution in [0.2, 0.25) is 0 Å². The third-order valence-electron chi connectivity index (χ3n) is 2.71. The summed E-state index contributed by atoms with van der Waals surface area (Å²) in [5, 5.41) is 0. The summed E-state index contributed by atoms with van der Waals surface area (Å²) in [6.45, 7) is 7.14. The molecule has 6 heteroatoms. The van der Waals surface area contributed by atoms with Gasteiger partial charge in [-0.1, -0.05) is 0 Å². The molecular weight excluding hydrogens is 208 g/mol. The van der Waals surface area contributed by atoms with Crippen LogP contribution in [0.3, 0.4) is 0 Å². The quantitative estimate of drug-likeness (QED) is 0.635. The molecule has 0 spiro atoms. The maximum atomic E-state index is 11.9. The van der Waals surface area contributed by atoms with Crippen molar-refractivity contribution >= 4 is 7.12 Å². The molecule has 2 nitrogen and oxygen atoms in total. The third-order valence-corrected chi connectivity index (χ3v) is 2.71. The van der Waals surface area contributed by atoms with E-state index >= 15 is 0 Å². The van der Waals surface area contributed by atoms with E-state index in [-0.39, 0.29) is 6.08 Å². The SMILES string of the molecule is CC1(C)OB(/C=C/C(F)(F)F)OC1(C)C. The Hall–Kier alpha value is -0.485. The van der Waals surface area contributed by atoms with E-state index in [1.807, 2.05) is 0 Å². The lowest BCUT2D eigenvalue weighted by molar-refractivity contribution is -0.0798. The van der Waals surface area contributed by atoms with Crippen molar-refractivity contribution in [2.24, 2.45) is 0 Å². The molecule has 0 N–H and O–H groups in total. The second kappa shape index (κ2) is 3.52. The number of rotatable bonds is 1. The molecule has 1 aliphatic heterocycles. The second-order valence-corrected chi connectivity index (χ2v) is 4.53. The van der Waals surface area contributed by atoms with E-state index in [0.717, 1.165) is 5.98 Å². The first-order valence-electron chi connectivity index (χ1n) is 4.65. The highest BCUT2D eigenvalue weighted by atomic mass is 19.4. The van der Waals surface area contributed by atoms with Crippen LogP contribution in [0.25, 0.3) is 0 Å². The van der Waals surface area contributed by atoms with Crippen molar-refractivity contribution < 1.29 is 22.5 Å². The van der Waals surface area contributed by atoms with Gasteiger partial charge < -0.3 is 9.31 Å². The maximum Gasteiger partial charge on any atom is 0.487 e. The van der Waals surface area contributed by atoms with Gasteiger partial charge in [-0.3, -0.25) is 0 Å². The predicted molar refractivity (Wildman–Crippen MR) is 51.3 cm³/mol.